The standard InChI is InChI=1S/C21H19N5O3/c1-12(2)28-14-3-6-16-15(11-14)20(26-25-16)21-23-10-9-17(24-21)18-7-4-13(29-18)5-8-19(22)27/h3-12H,1-2H3,(H2,22,27)(H,25,26). The van der Waals surface area contributed by atoms with Crippen LogP contribution in [-0.4, -0.2) is 32.2 Å². The van der Waals surface area contributed by atoms with Gasteiger partial charge in [-0.2, -0.15) is 5.10 Å². The smallest absolute Gasteiger partial charge is 0.241 e. The molecule has 8 nitrogen and oxygen atoms in total. The van der Waals surface area contributed by atoms with Crippen molar-refractivity contribution < 1.29 is 13.9 Å². The van der Waals surface area contributed by atoms with Gasteiger partial charge in [-0.05, 0) is 56.3 Å². The average Bonchev–Trinajstić information content (AvgIpc) is 3.33. The van der Waals surface area contributed by atoms with E-state index in [1.807, 2.05) is 32.0 Å². The zero-order chi connectivity index (χ0) is 20.4. The number of hydrogen-bond acceptors (Lipinski definition) is 6. The van der Waals surface area contributed by atoms with Gasteiger partial charge in [0.1, 0.15) is 22.9 Å². The fraction of sp³-hybridized carbons (Fsp3) is 0.143. The number of nitrogens with zero attached hydrogens (tertiary/aromatic N) is 3. The van der Waals surface area contributed by atoms with Crippen LogP contribution in [0.2, 0.25) is 0 Å². The zero-order valence-corrected chi connectivity index (χ0v) is 15.9. The minimum absolute atomic E-state index is 0.0686. The van der Waals surface area contributed by atoms with Crippen molar-refractivity contribution in [1.82, 2.24) is 20.2 Å². The quantitative estimate of drug-likeness (QED) is 0.487. The molecule has 3 aromatic heterocycles. The van der Waals surface area contributed by atoms with Gasteiger partial charge in [0.05, 0.1) is 11.6 Å². The average molecular weight is 389 g/mol. The van der Waals surface area contributed by atoms with Crippen LogP contribution >= 0.6 is 0 Å². The van der Waals surface area contributed by atoms with E-state index in [0.717, 1.165) is 16.7 Å². The molecule has 0 aliphatic carbocycles. The number of amides is 1. The fourth-order valence-corrected chi connectivity index (χ4v) is 2.86. The predicted molar refractivity (Wildman–Crippen MR) is 109 cm³/mol. The number of furan rings is 1. The Morgan fingerprint density at radius 1 is 1.24 bits per heavy atom. The zero-order valence-electron chi connectivity index (χ0n) is 15.9. The van der Waals surface area contributed by atoms with Crippen molar-refractivity contribution in [3.05, 3.63) is 54.4 Å². The lowest BCUT2D eigenvalue weighted by molar-refractivity contribution is -0.113. The molecule has 1 amide bonds. The Bertz CT molecular complexity index is 1210. The van der Waals surface area contributed by atoms with Crippen LogP contribution in [-0.2, 0) is 4.79 Å². The molecular formula is C21H19N5O3. The van der Waals surface area contributed by atoms with E-state index in [0.29, 0.717) is 28.7 Å². The van der Waals surface area contributed by atoms with E-state index in [-0.39, 0.29) is 6.10 Å². The molecule has 4 rings (SSSR count). The summed E-state index contributed by atoms with van der Waals surface area (Å²) in [7, 11) is 0. The molecule has 0 unspecified atom stereocenters. The molecule has 1 aromatic carbocycles. The summed E-state index contributed by atoms with van der Waals surface area (Å²) >= 11 is 0. The van der Waals surface area contributed by atoms with Crippen LogP contribution in [0.15, 0.2) is 53.1 Å². The molecule has 29 heavy (non-hydrogen) atoms. The Labute approximate surface area is 166 Å². The Kier molecular flexibility index (Phi) is 4.82. The molecule has 0 spiro atoms. The van der Waals surface area contributed by atoms with Gasteiger partial charge in [-0.1, -0.05) is 0 Å². The third-order valence-electron chi connectivity index (χ3n) is 4.06. The van der Waals surface area contributed by atoms with Gasteiger partial charge in [-0.3, -0.25) is 9.89 Å². The van der Waals surface area contributed by atoms with Gasteiger partial charge in [0.15, 0.2) is 11.6 Å². The summed E-state index contributed by atoms with van der Waals surface area (Å²) in [5.41, 5.74) is 7.19. The predicted octanol–water partition coefficient (Wildman–Crippen LogP) is 3.57. The number of nitrogens with two attached hydrogens (primary N) is 1. The molecule has 4 aromatic rings. The Morgan fingerprint density at radius 3 is 2.90 bits per heavy atom. The maximum Gasteiger partial charge on any atom is 0.241 e. The van der Waals surface area contributed by atoms with Crippen LogP contribution < -0.4 is 10.5 Å². The number of carbonyl (C=O) groups is 1. The molecule has 3 N–H and O–H groups in total. The number of hydrogen-bond donors (Lipinski definition) is 2. The second-order valence-electron chi connectivity index (χ2n) is 6.65. The van der Waals surface area contributed by atoms with E-state index >= 15 is 0 Å². The van der Waals surface area contributed by atoms with E-state index in [9.17, 15) is 4.79 Å². The first-order valence-electron chi connectivity index (χ1n) is 9.05. The minimum atomic E-state index is -0.543. The van der Waals surface area contributed by atoms with Gasteiger partial charge in [0.25, 0.3) is 0 Å². The Balaban J connectivity index is 1.70. The van der Waals surface area contributed by atoms with E-state index in [4.69, 9.17) is 14.9 Å². The number of primary amides is 1. The highest BCUT2D eigenvalue weighted by molar-refractivity contribution is 5.92. The molecule has 0 bridgehead atoms. The molecule has 3 heterocycles. The van der Waals surface area contributed by atoms with E-state index in [1.165, 1.54) is 12.2 Å². The number of H-pyrrole nitrogens is 1. The van der Waals surface area contributed by atoms with E-state index in [1.54, 1.807) is 24.4 Å². The molecule has 146 valence electrons. The summed E-state index contributed by atoms with van der Waals surface area (Å²) in [6, 6.07) is 11.0. The highest BCUT2D eigenvalue weighted by Crippen LogP contribution is 2.29. The lowest BCUT2D eigenvalue weighted by atomic mass is 10.2. The monoisotopic (exact) mass is 389 g/mol. The SMILES string of the molecule is CC(C)Oc1ccc2[nH]nc(-c3nccc(-c4ccc(C=CC(N)=O)o4)n3)c2c1. The first kappa shape index (κ1) is 18.4. The van der Waals surface area contributed by atoms with Gasteiger partial charge >= 0.3 is 0 Å². The fourth-order valence-electron chi connectivity index (χ4n) is 2.86. The number of benzene rings is 1. The molecule has 0 aliphatic rings. The number of fused-ring (bicyclic) bond motifs is 1. The number of ether oxygens (including phenoxy) is 1. The first-order valence-corrected chi connectivity index (χ1v) is 9.05. The molecule has 0 saturated carbocycles. The van der Waals surface area contributed by atoms with Crippen LogP contribution in [0, 0.1) is 0 Å². The summed E-state index contributed by atoms with van der Waals surface area (Å²) in [5.74, 6) is 1.71. The van der Waals surface area contributed by atoms with Gasteiger partial charge < -0.3 is 14.9 Å². The first-order chi connectivity index (χ1) is 14.0. The largest absolute Gasteiger partial charge is 0.491 e. The van der Waals surface area contributed by atoms with Crippen LogP contribution in [0.25, 0.3) is 40.0 Å². The summed E-state index contributed by atoms with van der Waals surface area (Å²) in [6.45, 7) is 3.95. The molecule has 0 aliphatic heterocycles. The van der Waals surface area contributed by atoms with Gasteiger partial charge in [0, 0.05) is 17.7 Å². The minimum Gasteiger partial charge on any atom is -0.491 e. The normalized spacial score (nSPS) is 11.6. The van der Waals surface area contributed by atoms with Gasteiger partial charge in [-0.25, -0.2) is 9.97 Å². The van der Waals surface area contributed by atoms with Crippen molar-refractivity contribution in [3.8, 4) is 28.7 Å². The summed E-state index contributed by atoms with van der Waals surface area (Å²) in [5, 5.41) is 8.24. The highest BCUT2D eigenvalue weighted by atomic mass is 16.5. The van der Waals surface area contributed by atoms with Crippen molar-refractivity contribution in [2.45, 2.75) is 20.0 Å². The Hall–Kier alpha value is -3.94. The van der Waals surface area contributed by atoms with Gasteiger partial charge in [-0.15, -0.1) is 0 Å². The summed E-state index contributed by atoms with van der Waals surface area (Å²) < 4.78 is 11.5. The summed E-state index contributed by atoms with van der Waals surface area (Å²) in [4.78, 5) is 19.8. The number of aromatic nitrogens is 4. The van der Waals surface area contributed by atoms with Crippen molar-refractivity contribution >= 4 is 22.9 Å². The van der Waals surface area contributed by atoms with Crippen LogP contribution in [0.4, 0.5) is 0 Å². The van der Waals surface area contributed by atoms with Gasteiger partial charge in [0.2, 0.25) is 5.91 Å². The molecule has 0 fully saturated rings. The Morgan fingerprint density at radius 2 is 2.10 bits per heavy atom. The van der Waals surface area contributed by atoms with Crippen LogP contribution in [0.3, 0.4) is 0 Å². The van der Waals surface area contributed by atoms with E-state index < -0.39 is 5.91 Å². The van der Waals surface area contributed by atoms with Crippen molar-refractivity contribution in [1.29, 1.82) is 0 Å². The third kappa shape index (κ3) is 4.01. The maximum absolute atomic E-state index is 10.9. The lowest BCUT2D eigenvalue weighted by Crippen LogP contribution is -2.05. The third-order valence-corrected chi connectivity index (χ3v) is 4.06. The van der Waals surface area contributed by atoms with Crippen LogP contribution in [0.5, 0.6) is 5.75 Å². The molecular weight excluding hydrogens is 370 g/mol. The molecule has 0 atom stereocenters. The number of carbonyl (C=O) groups excluding carboxylic acids is 1. The van der Waals surface area contributed by atoms with Crippen molar-refractivity contribution in [3.63, 3.8) is 0 Å². The van der Waals surface area contributed by atoms with Crippen molar-refractivity contribution in [2.24, 2.45) is 5.73 Å². The maximum atomic E-state index is 10.9. The van der Waals surface area contributed by atoms with Crippen LogP contribution in [0.1, 0.15) is 19.6 Å². The summed E-state index contributed by atoms with van der Waals surface area (Å²) in [6.07, 6.45) is 4.46. The molecule has 8 heteroatoms. The van der Waals surface area contributed by atoms with E-state index in [2.05, 4.69) is 20.2 Å². The lowest BCUT2D eigenvalue weighted by Gasteiger charge is -2.09. The number of aromatic amines is 1. The highest BCUT2D eigenvalue weighted by Gasteiger charge is 2.14. The topological polar surface area (TPSA) is 120 Å². The van der Waals surface area contributed by atoms with Crippen molar-refractivity contribution in [2.75, 3.05) is 0 Å². The second kappa shape index (κ2) is 7.59. The second-order valence-corrected chi connectivity index (χ2v) is 6.65. The number of nitrogens with one attached hydrogen (secondary N) is 1. The number of rotatable bonds is 6. The molecule has 0 radical (unpaired) electrons. The molecule has 0 saturated heterocycles.